The topological polar surface area (TPSA) is 95.7 Å². The third kappa shape index (κ3) is 4.46. The highest BCUT2D eigenvalue weighted by Crippen LogP contribution is 2.36. The quantitative estimate of drug-likeness (QED) is 0.530. The van der Waals surface area contributed by atoms with E-state index in [2.05, 4.69) is 16.0 Å². The molecule has 3 heterocycles. The predicted octanol–water partition coefficient (Wildman–Crippen LogP) is 3.00. The number of carbonyl (C=O) groups is 1. The summed E-state index contributed by atoms with van der Waals surface area (Å²) in [5.74, 6) is 0.648. The van der Waals surface area contributed by atoms with Gasteiger partial charge in [-0.25, -0.2) is 9.97 Å². The van der Waals surface area contributed by atoms with Gasteiger partial charge in [0.25, 0.3) is 0 Å². The van der Waals surface area contributed by atoms with Crippen LogP contribution in [0.1, 0.15) is 18.9 Å². The highest BCUT2D eigenvalue weighted by molar-refractivity contribution is 6.30. The minimum atomic E-state index is -0.402. The molecule has 0 saturated carbocycles. The SMILES string of the molecule is CC(=O)N1CCN(c2ncnc(N3CC=C(c4ccc(Cl)cc4)CC3)c2[N+](=O)[O-])CC1. The van der Waals surface area contributed by atoms with Gasteiger partial charge in [-0.05, 0) is 29.7 Å². The molecule has 0 unspecified atom stereocenters. The lowest BCUT2D eigenvalue weighted by Crippen LogP contribution is -2.48. The summed E-state index contributed by atoms with van der Waals surface area (Å²) < 4.78 is 0. The van der Waals surface area contributed by atoms with Crippen LogP contribution in [-0.4, -0.2) is 65.0 Å². The smallest absolute Gasteiger partial charge is 0.347 e. The lowest BCUT2D eigenvalue weighted by Gasteiger charge is -2.35. The van der Waals surface area contributed by atoms with Gasteiger partial charge in [-0.3, -0.25) is 14.9 Å². The zero-order valence-electron chi connectivity index (χ0n) is 17.2. The first-order valence-electron chi connectivity index (χ1n) is 10.1. The summed E-state index contributed by atoms with van der Waals surface area (Å²) in [5, 5.41) is 12.7. The van der Waals surface area contributed by atoms with Crippen molar-refractivity contribution < 1.29 is 9.72 Å². The third-order valence-electron chi connectivity index (χ3n) is 5.71. The lowest BCUT2D eigenvalue weighted by molar-refractivity contribution is -0.383. The molecule has 1 saturated heterocycles. The Labute approximate surface area is 185 Å². The number of halogens is 1. The molecular formula is C21H23ClN6O3. The number of anilines is 2. The Bertz CT molecular complexity index is 1020. The molecule has 9 nitrogen and oxygen atoms in total. The molecule has 31 heavy (non-hydrogen) atoms. The van der Waals surface area contributed by atoms with Crippen molar-refractivity contribution in [1.82, 2.24) is 14.9 Å². The Morgan fingerprint density at radius 3 is 2.23 bits per heavy atom. The molecule has 0 atom stereocenters. The van der Waals surface area contributed by atoms with Crippen LogP contribution in [0.25, 0.3) is 5.57 Å². The van der Waals surface area contributed by atoms with Gasteiger partial charge in [0.05, 0.1) is 4.92 Å². The van der Waals surface area contributed by atoms with Gasteiger partial charge in [-0.2, -0.15) is 0 Å². The molecule has 0 radical (unpaired) electrons. The normalized spacial score (nSPS) is 16.8. The van der Waals surface area contributed by atoms with Crippen LogP contribution in [0.4, 0.5) is 17.3 Å². The van der Waals surface area contributed by atoms with Crippen LogP contribution in [0.5, 0.6) is 0 Å². The van der Waals surface area contributed by atoms with Crippen LogP contribution in [0.3, 0.4) is 0 Å². The Kier molecular flexibility index (Phi) is 6.03. The van der Waals surface area contributed by atoms with E-state index in [0.717, 1.165) is 12.0 Å². The van der Waals surface area contributed by atoms with E-state index in [1.165, 1.54) is 18.8 Å². The summed E-state index contributed by atoms with van der Waals surface area (Å²) in [7, 11) is 0. The number of hydrogen-bond acceptors (Lipinski definition) is 7. The van der Waals surface area contributed by atoms with Gasteiger partial charge in [0, 0.05) is 51.2 Å². The number of carbonyl (C=O) groups excluding carboxylic acids is 1. The van der Waals surface area contributed by atoms with Crippen molar-refractivity contribution in [2.45, 2.75) is 13.3 Å². The van der Waals surface area contributed by atoms with Crippen LogP contribution in [0.2, 0.25) is 5.02 Å². The minimum absolute atomic E-state index is 0.00845. The van der Waals surface area contributed by atoms with Gasteiger partial charge in [0.2, 0.25) is 17.5 Å². The van der Waals surface area contributed by atoms with Crippen molar-refractivity contribution in [3.8, 4) is 0 Å². The maximum Gasteiger partial charge on any atom is 0.353 e. The first-order valence-corrected chi connectivity index (χ1v) is 10.5. The molecule has 0 bridgehead atoms. The van der Waals surface area contributed by atoms with E-state index < -0.39 is 4.92 Å². The molecular weight excluding hydrogens is 420 g/mol. The summed E-state index contributed by atoms with van der Waals surface area (Å²) in [6.07, 6.45) is 4.20. The molecule has 1 fully saturated rings. The molecule has 10 heteroatoms. The molecule has 2 aromatic rings. The van der Waals surface area contributed by atoms with Crippen LogP contribution in [0, 0.1) is 10.1 Å². The Morgan fingerprint density at radius 1 is 1.03 bits per heavy atom. The second-order valence-corrected chi connectivity index (χ2v) is 7.99. The van der Waals surface area contributed by atoms with Crippen LogP contribution in [0.15, 0.2) is 36.7 Å². The number of hydrogen-bond donors (Lipinski definition) is 0. The number of nitro groups is 1. The molecule has 0 spiro atoms. The van der Waals surface area contributed by atoms with Crippen molar-refractivity contribution in [3.63, 3.8) is 0 Å². The molecule has 0 N–H and O–H groups in total. The number of piperazine rings is 1. The van der Waals surface area contributed by atoms with E-state index in [9.17, 15) is 14.9 Å². The second kappa shape index (κ2) is 8.89. The van der Waals surface area contributed by atoms with Gasteiger partial charge < -0.3 is 14.7 Å². The fourth-order valence-corrected chi connectivity index (χ4v) is 4.13. The van der Waals surface area contributed by atoms with Gasteiger partial charge in [-0.1, -0.05) is 29.8 Å². The molecule has 162 valence electrons. The molecule has 2 aliphatic heterocycles. The Morgan fingerprint density at radius 2 is 1.68 bits per heavy atom. The van der Waals surface area contributed by atoms with Crippen molar-refractivity contribution in [2.75, 3.05) is 49.1 Å². The van der Waals surface area contributed by atoms with Gasteiger partial charge in [0.1, 0.15) is 6.33 Å². The van der Waals surface area contributed by atoms with Crippen LogP contribution < -0.4 is 9.80 Å². The van der Waals surface area contributed by atoms with E-state index >= 15 is 0 Å². The largest absolute Gasteiger partial charge is 0.353 e. The number of benzene rings is 1. The number of nitrogens with zero attached hydrogens (tertiary/aromatic N) is 6. The highest BCUT2D eigenvalue weighted by Gasteiger charge is 2.32. The molecule has 4 rings (SSSR count). The molecule has 2 aliphatic rings. The second-order valence-electron chi connectivity index (χ2n) is 7.55. The van der Waals surface area contributed by atoms with Crippen molar-refractivity contribution in [2.24, 2.45) is 0 Å². The van der Waals surface area contributed by atoms with Crippen molar-refractivity contribution in [3.05, 3.63) is 57.4 Å². The average Bonchev–Trinajstić information content (AvgIpc) is 2.79. The van der Waals surface area contributed by atoms with Crippen molar-refractivity contribution >= 4 is 40.4 Å². The average molecular weight is 443 g/mol. The van der Waals surface area contributed by atoms with Crippen molar-refractivity contribution in [1.29, 1.82) is 0 Å². The Hall–Kier alpha value is -3.20. The summed E-state index contributed by atoms with van der Waals surface area (Å²) in [4.78, 5) is 37.2. The molecule has 1 aromatic carbocycles. The first kappa shape index (κ1) is 21.0. The summed E-state index contributed by atoms with van der Waals surface area (Å²) >= 11 is 5.97. The van der Waals surface area contributed by atoms with Crippen LogP contribution >= 0.6 is 11.6 Å². The maximum atomic E-state index is 12.0. The summed E-state index contributed by atoms with van der Waals surface area (Å²) in [6, 6.07) is 7.68. The minimum Gasteiger partial charge on any atom is -0.347 e. The third-order valence-corrected chi connectivity index (χ3v) is 5.97. The highest BCUT2D eigenvalue weighted by atomic mass is 35.5. The molecule has 1 aromatic heterocycles. The summed E-state index contributed by atoms with van der Waals surface area (Å²) in [6.45, 7) is 4.70. The standard InChI is InChI=1S/C21H23ClN6O3/c1-15(29)25-10-12-27(13-11-25)21-19(28(30)31)20(23-14-24-21)26-8-6-17(7-9-26)16-2-4-18(22)5-3-16/h2-6,14H,7-13H2,1H3. The van der Waals surface area contributed by atoms with Gasteiger partial charge >= 0.3 is 5.69 Å². The first-order chi connectivity index (χ1) is 14.9. The van der Waals surface area contributed by atoms with E-state index in [1.807, 2.05) is 34.1 Å². The fourth-order valence-electron chi connectivity index (χ4n) is 4.01. The van der Waals surface area contributed by atoms with Crippen LogP contribution in [-0.2, 0) is 4.79 Å². The maximum absolute atomic E-state index is 12.0. The Balaban J connectivity index is 1.57. The number of rotatable bonds is 4. The molecule has 0 aliphatic carbocycles. The zero-order chi connectivity index (χ0) is 22.0. The number of amides is 1. The van der Waals surface area contributed by atoms with E-state index in [0.29, 0.717) is 55.9 Å². The zero-order valence-corrected chi connectivity index (χ0v) is 18.0. The predicted molar refractivity (Wildman–Crippen MR) is 119 cm³/mol. The van der Waals surface area contributed by atoms with E-state index in [-0.39, 0.29) is 11.6 Å². The van der Waals surface area contributed by atoms with E-state index in [4.69, 9.17) is 11.6 Å². The van der Waals surface area contributed by atoms with E-state index in [1.54, 1.807) is 4.90 Å². The monoisotopic (exact) mass is 442 g/mol. The van der Waals surface area contributed by atoms with Gasteiger partial charge in [-0.15, -0.1) is 0 Å². The number of aromatic nitrogens is 2. The fraction of sp³-hybridized carbons (Fsp3) is 0.381. The summed E-state index contributed by atoms with van der Waals surface area (Å²) in [5.41, 5.74) is 2.21. The lowest BCUT2D eigenvalue weighted by atomic mass is 9.99. The molecule has 1 amide bonds. The van der Waals surface area contributed by atoms with Gasteiger partial charge in [0.15, 0.2) is 0 Å².